The van der Waals surface area contributed by atoms with Gasteiger partial charge in [0.05, 0.1) is 6.04 Å². The molecule has 1 atom stereocenters. The zero-order chi connectivity index (χ0) is 16.9. The van der Waals surface area contributed by atoms with Crippen LogP contribution in [0.5, 0.6) is 0 Å². The van der Waals surface area contributed by atoms with Crippen LogP contribution in [0.3, 0.4) is 0 Å². The van der Waals surface area contributed by atoms with Gasteiger partial charge in [0.25, 0.3) is 0 Å². The molecule has 1 aromatic carbocycles. The maximum atomic E-state index is 13.0. The van der Waals surface area contributed by atoms with Crippen molar-refractivity contribution in [3.63, 3.8) is 0 Å². The lowest BCUT2D eigenvalue weighted by atomic mass is 10.1. The van der Waals surface area contributed by atoms with Gasteiger partial charge < -0.3 is 15.1 Å². The molecule has 26 heavy (non-hydrogen) atoms. The number of amides is 1. The van der Waals surface area contributed by atoms with Crippen molar-refractivity contribution in [2.45, 2.75) is 19.4 Å². The van der Waals surface area contributed by atoms with E-state index in [2.05, 4.69) is 15.1 Å². The number of nitrogens with one attached hydrogen (secondary N) is 1. The molecule has 148 valence electrons. The molecule has 3 rings (SSSR count). The first-order valence-corrected chi connectivity index (χ1v) is 8.89. The van der Waals surface area contributed by atoms with Gasteiger partial charge in [-0.25, -0.2) is 4.39 Å². The molecular weight excluding hydrogens is 378 g/mol. The summed E-state index contributed by atoms with van der Waals surface area (Å²) in [7, 11) is 0. The van der Waals surface area contributed by atoms with E-state index in [1.807, 2.05) is 24.0 Å². The molecule has 1 aromatic rings. The topological polar surface area (TPSA) is 38.8 Å². The normalized spacial score (nSPS) is 19.8. The average molecular weight is 407 g/mol. The molecule has 0 saturated carbocycles. The number of hydrogen-bond donors (Lipinski definition) is 1. The highest BCUT2D eigenvalue weighted by atomic mass is 35.5. The number of piperazine rings is 1. The summed E-state index contributed by atoms with van der Waals surface area (Å²) < 4.78 is 13.0. The van der Waals surface area contributed by atoms with E-state index in [4.69, 9.17) is 0 Å². The van der Waals surface area contributed by atoms with E-state index in [0.29, 0.717) is 0 Å². The highest BCUT2D eigenvalue weighted by Crippen LogP contribution is 2.18. The van der Waals surface area contributed by atoms with Gasteiger partial charge in [0.1, 0.15) is 5.82 Å². The third-order valence-electron chi connectivity index (χ3n) is 5.06. The van der Waals surface area contributed by atoms with E-state index >= 15 is 0 Å². The van der Waals surface area contributed by atoms with Crippen molar-refractivity contribution in [1.29, 1.82) is 0 Å². The van der Waals surface area contributed by atoms with Crippen molar-refractivity contribution >= 4 is 36.4 Å². The van der Waals surface area contributed by atoms with Gasteiger partial charge in [-0.15, -0.1) is 24.8 Å². The standard InChI is InChI=1S/C18H27FN4O.2ClH/c1-15(18(24)23-9-2-7-20-8-10-23)21-11-13-22(14-12-21)17-5-3-16(19)4-6-17;;/h3-6,15,20H,2,7-14H2,1H3;2*1H. The van der Waals surface area contributed by atoms with Crippen LogP contribution in [-0.4, -0.2) is 74.1 Å². The Morgan fingerprint density at radius 1 is 1.00 bits per heavy atom. The highest BCUT2D eigenvalue weighted by molar-refractivity contribution is 5.85. The summed E-state index contributed by atoms with van der Waals surface area (Å²) in [4.78, 5) is 19.3. The van der Waals surface area contributed by atoms with Crippen molar-refractivity contribution in [3.05, 3.63) is 30.1 Å². The molecule has 1 unspecified atom stereocenters. The largest absolute Gasteiger partial charge is 0.369 e. The third kappa shape index (κ3) is 5.71. The Kier molecular flexibility index (Phi) is 9.64. The Hall–Kier alpha value is -1.08. The molecular formula is C18H29Cl2FN4O. The zero-order valence-electron chi connectivity index (χ0n) is 15.2. The second-order valence-electron chi connectivity index (χ2n) is 6.60. The fourth-order valence-electron chi connectivity index (χ4n) is 3.51. The van der Waals surface area contributed by atoms with Crippen molar-refractivity contribution in [3.8, 4) is 0 Å². The van der Waals surface area contributed by atoms with Crippen molar-refractivity contribution in [1.82, 2.24) is 15.1 Å². The SMILES string of the molecule is CC(C(=O)N1CCCNCC1)N1CCN(c2ccc(F)cc2)CC1.Cl.Cl. The first-order valence-electron chi connectivity index (χ1n) is 8.89. The predicted molar refractivity (Wildman–Crippen MR) is 108 cm³/mol. The molecule has 2 aliphatic rings. The van der Waals surface area contributed by atoms with Crippen molar-refractivity contribution in [2.24, 2.45) is 0 Å². The molecule has 2 aliphatic heterocycles. The summed E-state index contributed by atoms with van der Waals surface area (Å²) in [5.41, 5.74) is 1.05. The van der Waals surface area contributed by atoms with Crippen LogP contribution in [0.25, 0.3) is 0 Å². The lowest BCUT2D eigenvalue weighted by Gasteiger charge is -2.39. The number of carbonyl (C=O) groups is 1. The number of anilines is 1. The van der Waals surface area contributed by atoms with Crippen LogP contribution >= 0.6 is 24.8 Å². The summed E-state index contributed by atoms with van der Waals surface area (Å²) in [6.07, 6.45) is 1.02. The molecule has 0 bridgehead atoms. The van der Waals surface area contributed by atoms with E-state index in [-0.39, 0.29) is 42.6 Å². The molecule has 2 saturated heterocycles. The predicted octanol–water partition coefficient (Wildman–Crippen LogP) is 2.00. The quantitative estimate of drug-likeness (QED) is 0.832. The minimum Gasteiger partial charge on any atom is -0.369 e. The third-order valence-corrected chi connectivity index (χ3v) is 5.06. The number of nitrogens with zero attached hydrogens (tertiary/aromatic N) is 3. The Morgan fingerprint density at radius 2 is 1.65 bits per heavy atom. The number of carbonyl (C=O) groups excluding carboxylic acids is 1. The Bertz CT molecular complexity index is 545. The Morgan fingerprint density at radius 3 is 2.31 bits per heavy atom. The minimum absolute atomic E-state index is 0. The van der Waals surface area contributed by atoms with Gasteiger partial charge >= 0.3 is 0 Å². The van der Waals surface area contributed by atoms with Gasteiger partial charge in [-0.1, -0.05) is 0 Å². The number of rotatable bonds is 3. The monoisotopic (exact) mass is 406 g/mol. The minimum atomic E-state index is -0.205. The van der Waals surface area contributed by atoms with Crippen LogP contribution in [0.15, 0.2) is 24.3 Å². The molecule has 8 heteroatoms. The van der Waals surface area contributed by atoms with Gasteiger partial charge in [-0.3, -0.25) is 9.69 Å². The van der Waals surface area contributed by atoms with E-state index in [9.17, 15) is 9.18 Å². The second kappa shape index (κ2) is 10.9. The fraction of sp³-hybridized carbons (Fsp3) is 0.611. The summed E-state index contributed by atoms with van der Waals surface area (Å²) >= 11 is 0. The van der Waals surface area contributed by atoms with Crippen LogP contribution in [-0.2, 0) is 4.79 Å². The van der Waals surface area contributed by atoms with Gasteiger partial charge in [0, 0.05) is 51.5 Å². The molecule has 2 heterocycles. The molecule has 0 aromatic heterocycles. The van der Waals surface area contributed by atoms with Gasteiger partial charge in [-0.2, -0.15) is 0 Å². The highest BCUT2D eigenvalue weighted by Gasteiger charge is 2.29. The lowest BCUT2D eigenvalue weighted by Crippen LogP contribution is -2.55. The van der Waals surface area contributed by atoms with Gasteiger partial charge in [-0.05, 0) is 44.2 Å². The van der Waals surface area contributed by atoms with Crippen molar-refractivity contribution < 1.29 is 9.18 Å². The maximum absolute atomic E-state index is 13.0. The summed E-state index contributed by atoms with van der Waals surface area (Å²) in [6, 6.07) is 6.58. The van der Waals surface area contributed by atoms with Crippen LogP contribution in [0, 0.1) is 5.82 Å². The van der Waals surface area contributed by atoms with E-state index in [1.165, 1.54) is 12.1 Å². The summed E-state index contributed by atoms with van der Waals surface area (Å²) in [5, 5.41) is 3.34. The molecule has 2 fully saturated rings. The molecule has 1 amide bonds. The number of hydrogen-bond acceptors (Lipinski definition) is 4. The second-order valence-corrected chi connectivity index (χ2v) is 6.60. The number of benzene rings is 1. The van der Waals surface area contributed by atoms with Crippen LogP contribution < -0.4 is 10.2 Å². The molecule has 0 aliphatic carbocycles. The van der Waals surface area contributed by atoms with E-state index in [0.717, 1.165) is 64.5 Å². The smallest absolute Gasteiger partial charge is 0.239 e. The molecule has 1 N–H and O–H groups in total. The van der Waals surface area contributed by atoms with Gasteiger partial charge in [0.15, 0.2) is 0 Å². The fourth-order valence-corrected chi connectivity index (χ4v) is 3.51. The molecule has 0 spiro atoms. The summed E-state index contributed by atoms with van der Waals surface area (Å²) in [6.45, 7) is 9.01. The van der Waals surface area contributed by atoms with E-state index in [1.54, 1.807) is 0 Å². The maximum Gasteiger partial charge on any atom is 0.239 e. The average Bonchev–Trinajstić information content (AvgIpc) is 2.91. The lowest BCUT2D eigenvalue weighted by molar-refractivity contribution is -0.136. The molecule has 5 nitrogen and oxygen atoms in total. The summed E-state index contributed by atoms with van der Waals surface area (Å²) in [5.74, 6) is 0.0393. The van der Waals surface area contributed by atoms with Crippen molar-refractivity contribution in [2.75, 3.05) is 57.3 Å². The Labute approximate surface area is 167 Å². The first-order chi connectivity index (χ1) is 11.6. The Balaban J connectivity index is 0.00000169. The van der Waals surface area contributed by atoms with Crippen LogP contribution in [0.1, 0.15) is 13.3 Å². The van der Waals surface area contributed by atoms with Crippen LogP contribution in [0.4, 0.5) is 10.1 Å². The first kappa shape index (κ1) is 23.0. The van der Waals surface area contributed by atoms with Crippen LogP contribution in [0.2, 0.25) is 0 Å². The molecule has 0 radical (unpaired) electrons. The van der Waals surface area contributed by atoms with Gasteiger partial charge in [0.2, 0.25) is 5.91 Å². The van der Waals surface area contributed by atoms with E-state index < -0.39 is 0 Å². The number of halogens is 3. The zero-order valence-corrected chi connectivity index (χ0v) is 16.8.